The summed E-state index contributed by atoms with van der Waals surface area (Å²) in [6.45, 7) is 3.54. The van der Waals surface area contributed by atoms with E-state index in [1.807, 2.05) is 12.1 Å². The maximum atomic E-state index is 12.4. The number of halogens is 5. The Bertz CT molecular complexity index is 906. The summed E-state index contributed by atoms with van der Waals surface area (Å²) in [5.74, 6) is -2.99. The molecular formula is C18H17Cl2F3N4O3. The van der Waals surface area contributed by atoms with Crippen LogP contribution in [0.3, 0.4) is 0 Å². The second-order valence-corrected chi connectivity index (χ2v) is 6.85. The zero-order valence-corrected chi connectivity index (χ0v) is 16.9. The van der Waals surface area contributed by atoms with Crippen LogP contribution in [0.5, 0.6) is 0 Å². The molecule has 1 aliphatic rings. The Morgan fingerprint density at radius 2 is 1.77 bits per heavy atom. The van der Waals surface area contributed by atoms with Crippen molar-refractivity contribution in [3.05, 3.63) is 52.3 Å². The summed E-state index contributed by atoms with van der Waals surface area (Å²) < 4.78 is 31.7. The summed E-state index contributed by atoms with van der Waals surface area (Å²) >= 11 is 12.0. The maximum Gasteiger partial charge on any atom is 0.490 e. The first-order valence-electron chi connectivity index (χ1n) is 8.56. The molecule has 0 unspecified atom stereocenters. The quantitative estimate of drug-likeness (QED) is 0.599. The smallest absolute Gasteiger partial charge is 0.475 e. The lowest BCUT2D eigenvalue weighted by Gasteiger charge is -2.31. The van der Waals surface area contributed by atoms with Crippen molar-refractivity contribution < 1.29 is 27.9 Å². The van der Waals surface area contributed by atoms with Crippen LogP contribution in [-0.2, 0) is 4.79 Å². The minimum absolute atomic E-state index is 0.229. The van der Waals surface area contributed by atoms with Crippen LogP contribution in [0.4, 0.5) is 24.5 Å². The van der Waals surface area contributed by atoms with Crippen molar-refractivity contribution in [2.75, 3.05) is 36.4 Å². The van der Waals surface area contributed by atoms with E-state index in [2.05, 4.69) is 20.5 Å². The van der Waals surface area contributed by atoms with E-state index in [0.29, 0.717) is 10.6 Å². The summed E-state index contributed by atoms with van der Waals surface area (Å²) in [6, 6.07) is 8.63. The van der Waals surface area contributed by atoms with Crippen molar-refractivity contribution in [1.82, 2.24) is 10.3 Å². The molecule has 30 heavy (non-hydrogen) atoms. The lowest BCUT2D eigenvalue weighted by molar-refractivity contribution is -0.192. The number of pyridine rings is 1. The average molecular weight is 465 g/mol. The Kier molecular flexibility index (Phi) is 8.27. The minimum atomic E-state index is -5.08. The number of benzene rings is 1. The number of carboxylic acid groups (broad SMARTS) is 1. The fourth-order valence-electron chi connectivity index (χ4n) is 2.52. The molecule has 3 rings (SSSR count). The number of carbonyl (C=O) groups excluding carboxylic acids is 1. The average Bonchev–Trinajstić information content (AvgIpc) is 2.69. The number of aliphatic carboxylic acids is 1. The molecule has 1 aromatic carbocycles. The highest BCUT2D eigenvalue weighted by Gasteiger charge is 2.38. The van der Waals surface area contributed by atoms with Gasteiger partial charge in [0.05, 0.1) is 11.4 Å². The molecule has 2 aromatic rings. The number of carboxylic acids is 1. The van der Waals surface area contributed by atoms with Crippen LogP contribution in [0.15, 0.2) is 36.5 Å². The first-order valence-corrected chi connectivity index (χ1v) is 9.32. The molecule has 1 aromatic heterocycles. The summed E-state index contributed by atoms with van der Waals surface area (Å²) in [5.41, 5.74) is 2.12. The third-order valence-corrected chi connectivity index (χ3v) is 4.34. The summed E-state index contributed by atoms with van der Waals surface area (Å²) in [6.07, 6.45) is -3.57. The van der Waals surface area contributed by atoms with E-state index in [1.54, 1.807) is 12.1 Å². The summed E-state index contributed by atoms with van der Waals surface area (Å²) in [5, 5.41) is 14.3. The SMILES string of the molecule is O=C(Nc1ccc(Cl)cc1N1CCNCC1)c1ccnc(Cl)c1.O=C(O)C(F)(F)F. The van der Waals surface area contributed by atoms with Crippen LogP contribution in [0.1, 0.15) is 10.4 Å². The third kappa shape index (κ3) is 7.05. The Hall–Kier alpha value is -2.56. The number of rotatable bonds is 3. The molecule has 0 radical (unpaired) electrons. The van der Waals surface area contributed by atoms with Gasteiger partial charge in [-0.3, -0.25) is 4.79 Å². The predicted octanol–water partition coefficient (Wildman–Crippen LogP) is 3.68. The van der Waals surface area contributed by atoms with Gasteiger partial charge in [0, 0.05) is 43.0 Å². The number of nitrogens with one attached hydrogen (secondary N) is 2. The number of amides is 1. The van der Waals surface area contributed by atoms with Crippen molar-refractivity contribution in [3.63, 3.8) is 0 Å². The largest absolute Gasteiger partial charge is 0.490 e. The van der Waals surface area contributed by atoms with Gasteiger partial charge in [-0.05, 0) is 30.3 Å². The fraction of sp³-hybridized carbons (Fsp3) is 0.278. The van der Waals surface area contributed by atoms with Crippen molar-refractivity contribution in [1.29, 1.82) is 0 Å². The van der Waals surface area contributed by atoms with Gasteiger partial charge in [0.2, 0.25) is 0 Å². The van der Waals surface area contributed by atoms with E-state index in [1.165, 1.54) is 12.3 Å². The van der Waals surface area contributed by atoms with Gasteiger partial charge in [-0.25, -0.2) is 9.78 Å². The van der Waals surface area contributed by atoms with Gasteiger partial charge < -0.3 is 20.6 Å². The number of carbonyl (C=O) groups is 2. The number of alkyl halides is 3. The topological polar surface area (TPSA) is 94.6 Å². The zero-order valence-electron chi connectivity index (χ0n) is 15.3. The molecule has 3 N–H and O–H groups in total. The molecule has 162 valence electrons. The highest BCUT2D eigenvalue weighted by atomic mass is 35.5. The Balaban J connectivity index is 0.000000396. The second-order valence-electron chi connectivity index (χ2n) is 6.02. The molecule has 1 aliphatic heterocycles. The molecule has 1 amide bonds. The van der Waals surface area contributed by atoms with Crippen molar-refractivity contribution in [2.24, 2.45) is 0 Å². The number of piperazine rings is 1. The fourth-order valence-corrected chi connectivity index (χ4v) is 2.86. The highest BCUT2D eigenvalue weighted by molar-refractivity contribution is 6.31. The van der Waals surface area contributed by atoms with Crippen LogP contribution in [0.25, 0.3) is 0 Å². The molecule has 12 heteroatoms. The van der Waals surface area contributed by atoms with E-state index in [4.69, 9.17) is 33.1 Å². The number of aromatic nitrogens is 1. The molecule has 0 spiro atoms. The predicted molar refractivity (Wildman–Crippen MR) is 107 cm³/mol. The maximum absolute atomic E-state index is 12.4. The van der Waals surface area contributed by atoms with Gasteiger partial charge in [0.15, 0.2) is 0 Å². The van der Waals surface area contributed by atoms with Gasteiger partial charge in [-0.1, -0.05) is 23.2 Å². The first kappa shape index (κ1) is 23.7. The lowest BCUT2D eigenvalue weighted by Crippen LogP contribution is -2.43. The van der Waals surface area contributed by atoms with Crippen molar-refractivity contribution in [2.45, 2.75) is 6.18 Å². The number of nitrogens with zero attached hydrogens (tertiary/aromatic N) is 2. The Morgan fingerprint density at radius 1 is 1.13 bits per heavy atom. The summed E-state index contributed by atoms with van der Waals surface area (Å²) in [4.78, 5) is 27.4. The molecule has 1 saturated heterocycles. The normalized spacial score (nSPS) is 13.8. The summed E-state index contributed by atoms with van der Waals surface area (Å²) in [7, 11) is 0. The molecule has 0 atom stereocenters. The first-order chi connectivity index (χ1) is 14.1. The van der Waals surface area contributed by atoms with Crippen LogP contribution in [-0.4, -0.2) is 54.3 Å². The Morgan fingerprint density at radius 3 is 2.33 bits per heavy atom. The number of hydrogen-bond acceptors (Lipinski definition) is 5. The molecule has 0 saturated carbocycles. The number of hydrogen-bond donors (Lipinski definition) is 3. The second kappa shape index (κ2) is 10.5. The van der Waals surface area contributed by atoms with E-state index >= 15 is 0 Å². The zero-order chi connectivity index (χ0) is 22.3. The van der Waals surface area contributed by atoms with Crippen LogP contribution in [0.2, 0.25) is 10.2 Å². The third-order valence-electron chi connectivity index (χ3n) is 3.90. The molecule has 7 nitrogen and oxygen atoms in total. The van der Waals surface area contributed by atoms with Gasteiger partial charge >= 0.3 is 12.1 Å². The van der Waals surface area contributed by atoms with E-state index in [9.17, 15) is 18.0 Å². The van der Waals surface area contributed by atoms with Gasteiger partial charge in [0.1, 0.15) is 5.15 Å². The highest BCUT2D eigenvalue weighted by Crippen LogP contribution is 2.30. The van der Waals surface area contributed by atoms with E-state index < -0.39 is 12.1 Å². The number of anilines is 2. The lowest BCUT2D eigenvalue weighted by atomic mass is 10.2. The molecule has 1 fully saturated rings. The minimum Gasteiger partial charge on any atom is -0.475 e. The van der Waals surface area contributed by atoms with E-state index in [-0.39, 0.29) is 11.1 Å². The molecule has 2 heterocycles. The molecule has 0 bridgehead atoms. The molecule has 0 aliphatic carbocycles. The van der Waals surface area contributed by atoms with Gasteiger partial charge in [-0.15, -0.1) is 0 Å². The Labute approximate surface area is 179 Å². The van der Waals surface area contributed by atoms with Crippen LogP contribution < -0.4 is 15.5 Å². The van der Waals surface area contributed by atoms with Crippen molar-refractivity contribution in [3.8, 4) is 0 Å². The van der Waals surface area contributed by atoms with Crippen molar-refractivity contribution >= 4 is 46.5 Å². The van der Waals surface area contributed by atoms with Crippen LogP contribution >= 0.6 is 23.2 Å². The van der Waals surface area contributed by atoms with Crippen LogP contribution in [0, 0.1) is 0 Å². The van der Waals surface area contributed by atoms with E-state index in [0.717, 1.165) is 37.6 Å². The monoisotopic (exact) mass is 464 g/mol. The molecular weight excluding hydrogens is 448 g/mol. The van der Waals surface area contributed by atoms with Gasteiger partial charge in [-0.2, -0.15) is 13.2 Å². The van der Waals surface area contributed by atoms with Gasteiger partial charge in [0.25, 0.3) is 5.91 Å². The standard InChI is InChI=1S/C16H16Cl2N4O.C2HF3O2/c17-12-1-2-13(14(10-12)22-7-5-19-6-8-22)21-16(23)11-3-4-20-15(18)9-11;3-2(4,5)1(6)7/h1-4,9-10,19H,5-8H2,(H,21,23);(H,6,7).